The molecule has 4 nitrogen and oxygen atoms in total. The number of ether oxygens (including phenoxy) is 1. The van der Waals surface area contributed by atoms with Crippen LogP contribution < -0.4 is 5.32 Å². The van der Waals surface area contributed by atoms with Gasteiger partial charge in [-0.1, -0.05) is 0 Å². The minimum absolute atomic E-state index is 0.0241. The molecule has 0 unspecified atom stereocenters. The van der Waals surface area contributed by atoms with Crippen molar-refractivity contribution in [3.05, 3.63) is 25.3 Å². The number of amides is 1. The Balaban J connectivity index is 2.33. The molecule has 1 amide bonds. The van der Waals surface area contributed by atoms with E-state index in [1.54, 1.807) is 0 Å². The van der Waals surface area contributed by atoms with Crippen LogP contribution in [0.2, 0.25) is 0 Å². The van der Waals surface area contributed by atoms with Gasteiger partial charge in [-0.05, 0) is 76.2 Å². The van der Waals surface area contributed by atoms with Gasteiger partial charge in [0.15, 0.2) is 0 Å². The van der Waals surface area contributed by atoms with Gasteiger partial charge in [-0.25, -0.2) is 0 Å². The van der Waals surface area contributed by atoms with Crippen molar-refractivity contribution in [3.63, 3.8) is 0 Å². The van der Waals surface area contributed by atoms with Crippen LogP contribution in [0.25, 0.3) is 0 Å². The summed E-state index contributed by atoms with van der Waals surface area (Å²) in [6.07, 6.45) is 2.13. The molecule has 104 valence electrons. The SMILES string of the molecule is COC(=O)CCCCC(=O)Nc1ccc(I)cc1I. The van der Waals surface area contributed by atoms with Crippen LogP contribution >= 0.6 is 45.2 Å². The van der Waals surface area contributed by atoms with Crippen molar-refractivity contribution in [2.45, 2.75) is 25.7 Å². The van der Waals surface area contributed by atoms with Crippen LogP contribution in [0.1, 0.15) is 25.7 Å². The lowest BCUT2D eigenvalue weighted by Gasteiger charge is -2.07. The van der Waals surface area contributed by atoms with Crippen molar-refractivity contribution in [3.8, 4) is 0 Å². The van der Waals surface area contributed by atoms with Crippen molar-refractivity contribution in [2.24, 2.45) is 0 Å². The van der Waals surface area contributed by atoms with Gasteiger partial charge in [-0.2, -0.15) is 0 Å². The summed E-state index contributed by atoms with van der Waals surface area (Å²) < 4.78 is 6.70. The van der Waals surface area contributed by atoms with Gasteiger partial charge in [0, 0.05) is 20.0 Å². The Kier molecular flexibility index (Phi) is 7.66. The van der Waals surface area contributed by atoms with E-state index in [4.69, 9.17) is 0 Å². The molecular weight excluding hydrogens is 472 g/mol. The first-order valence-electron chi connectivity index (χ1n) is 5.84. The summed E-state index contributed by atoms with van der Waals surface area (Å²) in [5.41, 5.74) is 0.832. The Morgan fingerprint density at radius 2 is 1.89 bits per heavy atom. The summed E-state index contributed by atoms with van der Waals surface area (Å²) in [4.78, 5) is 22.6. The van der Waals surface area contributed by atoms with Gasteiger partial charge in [0.1, 0.15) is 0 Å². The van der Waals surface area contributed by atoms with Crippen molar-refractivity contribution >= 4 is 62.7 Å². The maximum atomic E-state index is 11.7. The summed E-state index contributed by atoms with van der Waals surface area (Å²) in [5.74, 6) is -0.253. The molecule has 0 atom stereocenters. The second-order valence-electron chi connectivity index (χ2n) is 3.96. The minimum atomic E-state index is -0.229. The fourth-order valence-corrected chi connectivity index (χ4v) is 3.20. The van der Waals surface area contributed by atoms with Gasteiger partial charge in [-0.3, -0.25) is 9.59 Å². The molecule has 0 aliphatic rings. The summed E-state index contributed by atoms with van der Waals surface area (Å²) in [6.45, 7) is 0. The Bertz CT molecular complexity index is 463. The largest absolute Gasteiger partial charge is 0.469 e. The monoisotopic (exact) mass is 487 g/mol. The van der Waals surface area contributed by atoms with Gasteiger partial charge in [-0.15, -0.1) is 0 Å². The van der Waals surface area contributed by atoms with Gasteiger partial charge >= 0.3 is 5.97 Å². The van der Waals surface area contributed by atoms with E-state index in [9.17, 15) is 9.59 Å². The van der Waals surface area contributed by atoms with Crippen LogP contribution in [0.3, 0.4) is 0 Å². The fourth-order valence-electron chi connectivity index (χ4n) is 1.46. The van der Waals surface area contributed by atoms with Gasteiger partial charge in [0.2, 0.25) is 5.91 Å². The Morgan fingerprint density at radius 3 is 2.53 bits per heavy atom. The van der Waals surface area contributed by atoms with Crippen LogP contribution in [-0.4, -0.2) is 19.0 Å². The van der Waals surface area contributed by atoms with Crippen LogP contribution in [0.4, 0.5) is 5.69 Å². The lowest BCUT2D eigenvalue weighted by atomic mass is 10.2. The number of rotatable bonds is 6. The first-order valence-corrected chi connectivity index (χ1v) is 8.00. The summed E-state index contributed by atoms with van der Waals surface area (Å²) >= 11 is 4.43. The number of esters is 1. The van der Waals surface area contributed by atoms with Crippen molar-refractivity contribution in [2.75, 3.05) is 12.4 Å². The Labute approximate surface area is 139 Å². The molecule has 0 radical (unpaired) electrons. The number of nitrogens with one attached hydrogen (secondary N) is 1. The molecule has 6 heteroatoms. The maximum absolute atomic E-state index is 11.7. The number of anilines is 1. The highest BCUT2D eigenvalue weighted by Crippen LogP contribution is 2.21. The first kappa shape index (κ1) is 16.7. The van der Waals surface area contributed by atoms with Crippen molar-refractivity contribution in [1.29, 1.82) is 0 Å². The minimum Gasteiger partial charge on any atom is -0.469 e. The smallest absolute Gasteiger partial charge is 0.305 e. The van der Waals surface area contributed by atoms with Crippen LogP contribution in [-0.2, 0) is 14.3 Å². The van der Waals surface area contributed by atoms with Crippen LogP contribution in [0, 0.1) is 7.14 Å². The average molecular weight is 487 g/mol. The summed E-state index contributed by atoms with van der Waals surface area (Å²) in [5, 5.41) is 2.87. The zero-order chi connectivity index (χ0) is 14.3. The molecule has 1 rings (SSSR count). The van der Waals surface area contributed by atoms with Gasteiger partial charge < -0.3 is 10.1 Å². The van der Waals surface area contributed by atoms with Gasteiger partial charge in [0.25, 0.3) is 0 Å². The second kappa shape index (κ2) is 8.72. The molecule has 0 spiro atoms. The van der Waals surface area contributed by atoms with E-state index in [-0.39, 0.29) is 11.9 Å². The number of hydrogen-bond acceptors (Lipinski definition) is 3. The quantitative estimate of drug-likeness (QED) is 0.380. The van der Waals surface area contributed by atoms with Crippen LogP contribution in [0.15, 0.2) is 18.2 Å². The highest BCUT2D eigenvalue weighted by molar-refractivity contribution is 14.1. The first-order chi connectivity index (χ1) is 9.02. The van der Waals surface area contributed by atoms with E-state index in [0.717, 1.165) is 12.8 Å². The van der Waals surface area contributed by atoms with E-state index in [1.165, 1.54) is 7.11 Å². The fraction of sp³-hybridized carbons (Fsp3) is 0.385. The Hall–Kier alpha value is -0.380. The Morgan fingerprint density at radius 1 is 1.21 bits per heavy atom. The van der Waals surface area contributed by atoms with Crippen molar-refractivity contribution < 1.29 is 14.3 Å². The third-order valence-corrected chi connectivity index (χ3v) is 4.03. The average Bonchev–Trinajstić information content (AvgIpc) is 2.37. The number of methoxy groups -OCH3 is 1. The highest BCUT2D eigenvalue weighted by atomic mass is 127. The predicted molar refractivity (Wildman–Crippen MR) is 91.0 cm³/mol. The van der Waals surface area contributed by atoms with E-state index >= 15 is 0 Å². The normalized spacial score (nSPS) is 10.1. The van der Waals surface area contributed by atoms with Gasteiger partial charge in [0.05, 0.1) is 12.8 Å². The number of unbranched alkanes of at least 4 members (excludes halogenated alkanes) is 1. The molecule has 0 fully saturated rings. The predicted octanol–water partition coefficient (Wildman–Crippen LogP) is 3.57. The lowest BCUT2D eigenvalue weighted by Crippen LogP contribution is -2.12. The molecule has 0 aliphatic carbocycles. The molecule has 0 bridgehead atoms. The second-order valence-corrected chi connectivity index (χ2v) is 6.36. The van der Waals surface area contributed by atoms with E-state index in [0.29, 0.717) is 25.7 Å². The number of halogens is 2. The zero-order valence-electron chi connectivity index (χ0n) is 10.5. The molecule has 0 saturated heterocycles. The molecule has 19 heavy (non-hydrogen) atoms. The number of benzene rings is 1. The third-order valence-electron chi connectivity index (χ3n) is 2.47. The molecule has 0 heterocycles. The molecule has 0 aliphatic heterocycles. The van der Waals surface area contributed by atoms with E-state index in [1.807, 2.05) is 18.2 Å². The highest BCUT2D eigenvalue weighted by Gasteiger charge is 2.07. The molecule has 1 aromatic carbocycles. The van der Waals surface area contributed by atoms with E-state index in [2.05, 4.69) is 55.2 Å². The summed E-state index contributed by atoms with van der Waals surface area (Å²) in [7, 11) is 1.37. The standard InChI is InChI=1S/C13H15I2NO3/c1-19-13(18)5-3-2-4-12(17)16-11-7-6-9(14)8-10(11)15/h6-8H,2-5H2,1H3,(H,16,17). The molecular formula is C13H15I2NO3. The molecule has 0 aromatic heterocycles. The van der Waals surface area contributed by atoms with Crippen LogP contribution in [0.5, 0.6) is 0 Å². The topological polar surface area (TPSA) is 55.4 Å². The maximum Gasteiger partial charge on any atom is 0.305 e. The lowest BCUT2D eigenvalue weighted by molar-refractivity contribution is -0.140. The number of carbonyl (C=O) groups excluding carboxylic acids is 2. The molecule has 1 N–H and O–H groups in total. The van der Waals surface area contributed by atoms with Crippen molar-refractivity contribution in [1.82, 2.24) is 0 Å². The molecule has 0 saturated carbocycles. The number of carbonyl (C=O) groups is 2. The number of hydrogen-bond donors (Lipinski definition) is 1. The zero-order valence-corrected chi connectivity index (χ0v) is 14.9. The summed E-state index contributed by atoms with van der Waals surface area (Å²) in [6, 6.07) is 5.86. The molecule has 1 aromatic rings. The third kappa shape index (κ3) is 6.55. The van der Waals surface area contributed by atoms with E-state index < -0.39 is 0 Å².